The van der Waals surface area contributed by atoms with Crippen LogP contribution >= 0.6 is 0 Å². The summed E-state index contributed by atoms with van der Waals surface area (Å²) in [5.41, 5.74) is 0. The van der Waals surface area contributed by atoms with Gasteiger partial charge in [0.1, 0.15) is 0 Å². The van der Waals surface area contributed by atoms with Crippen LogP contribution in [0.15, 0.2) is 0 Å². The van der Waals surface area contributed by atoms with Gasteiger partial charge in [0, 0.05) is 13.0 Å². The van der Waals surface area contributed by atoms with Crippen LogP contribution in [0.1, 0.15) is 138 Å². The maximum absolute atomic E-state index is 8.40. The van der Waals surface area contributed by atoms with E-state index in [0.29, 0.717) is 6.42 Å². The molecule has 158 valence electrons. The molecule has 0 rings (SSSR count). The lowest BCUT2D eigenvalue weighted by Crippen LogP contribution is -2.08. The first-order chi connectivity index (χ1) is 12.7. The average Bonchev–Trinajstić information content (AvgIpc) is 2.67. The van der Waals surface area contributed by atoms with Gasteiger partial charge in [0.2, 0.25) is 0 Å². The van der Waals surface area contributed by atoms with Gasteiger partial charge >= 0.3 is 0 Å². The van der Waals surface area contributed by atoms with Gasteiger partial charge in [0.15, 0.2) is 0 Å². The standard InChI is InChI=1S/C13H25NO.C9H20.C2H6/c1-3-4-5-6-7-8-12-15-13(2)10-9-11-14;1-3-5-7-9-8-6-4-2;1-2/h13H,3-10,12H2,1-2H3;3-9H2,1-2H3;1-2H3. The summed E-state index contributed by atoms with van der Waals surface area (Å²) in [6.07, 6.45) is 19.5. The largest absolute Gasteiger partial charge is 0.378 e. The number of nitriles is 1. The number of unbranched alkanes of at least 4 members (excludes halogenated alkanes) is 11. The van der Waals surface area contributed by atoms with E-state index in [-0.39, 0.29) is 6.10 Å². The summed E-state index contributed by atoms with van der Waals surface area (Å²) in [6, 6.07) is 2.14. The molecule has 0 radical (unpaired) electrons. The maximum Gasteiger partial charge on any atom is 0.0622 e. The topological polar surface area (TPSA) is 33.0 Å². The minimum Gasteiger partial charge on any atom is -0.378 e. The molecule has 0 saturated carbocycles. The lowest BCUT2D eigenvalue weighted by Gasteiger charge is -2.10. The molecule has 0 saturated heterocycles. The monoisotopic (exact) mass is 369 g/mol. The molecule has 1 unspecified atom stereocenters. The minimum atomic E-state index is 0.250. The Kier molecular flexibility index (Phi) is 37.3. The highest BCUT2D eigenvalue weighted by Gasteiger charge is 2.00. The molecule has 2 nitrogen and oxygen atoms in total. The van der Waals surface area contributed by atoms with Crippen molar-refractivity contribution < 1.29 is 4.74 Å². The van der Waals surface area contributed by atoms with Gasteiger partial charge in [-0.05, 0) is 19.8 Å². The Morgan fingerprint density at radius 2 is 1.08 bits per heavy atom. The Hall–Kier alpha value is -0.550. The molecule has 0 aliphatic rings. The van der Waals surface area contributed by atoms with Gasteiger partial charge in [-0.2, -0.15) is 5.26 Å². The zero-order valence-corrected chi connectivity index (χ0v) is 19.2. The van der Waals surface area contributed by atoms with Crippen molar-refractivity contribution in [2.75, 3.05) is 6.61 Å². The fraction of sp³-hybridized carbons (Fsp3) is 0.958. The summed E-state index contributed by atoms with van der Waals surface area (Å²) in [5, 5.41) is 8.40. The Morgan fingerprint density at radius 3 is 1.46 bits per heavy atom. The van der Waals surface area contributed by atoms with Crippen LogP contribution < -0.4 is 0 Å². The first-order valence-corrected chi connectivity index (χ1v) is 11.7. The number of hydrogen-bond acceptors (Lipinski definition) is 2. The van der Waals surface area contributed by atoms with Crippen LogP contribution in [-0.4, -0.2) is 12.7 Å². The lowest BCUT2D eigenvalue weighted by atomic mass is 10.1. The highest BCUT2D eigenvalue weighted by Crippen LogP contribution is 2.07. The van der Waals surface area contributed by atoms with E-state index in [4.69, 9.17) is 10.00 Å². The highest BCUT2D eigenvalue weighted by molar-refractivity contribution is 4.70. The number of rotatable bonds is 16. The van der Waals surface area contributed by atoms with Gasteiger partial charge < -0.3 is 4.74 Å². The molecule has 2 heteroatoms. The third-order valence-electron chi connectivity index (χ3n) is 4.27. The summed E-state index contributed by atoms with van der Waals surface area (Å²) < 4.78 is 5.60. The van der Waals surface area contributed by atoms with Crippen molar-refractivity contribution in [1.29, 1.82) is 5.26 Å². The van der Waals surface area contributed by atoms with Crippen LogP contribution in [0.5, 0.6) is 0 Å². The van der Waals surface area contributed by atoms with Crippen molar-refractivity contribution in [1.82, 2.24) is 0 Å². The molecule has 0 heterocycles. The fourth-order valence-corrected chi connectivity index (χ4v) is 2.55. The van der Waals surface area contributed by atoms with E-state index in [1.807, 2.05) is 13.8 Å². The zero-order chi connectivity index (χ0) is 20.3. The van der Waals surface area contributed by atoms with Crippen LogP contribution in [0.25, 0.3) is 0 Å². The molecule has 0 aromatic rings. The van der Waals surface area contributed by atoms with E-state index in [0.717, 1.165) is 13.0 Å². The number of nitrogens with zero attached hydrogens (tertiary/aromatic N) is 1. The van der Waals surface area contributed by atoms with Crippen molar-refractivity contribution in [3.8, 4) is 6.07 Å². The third-order valence-corrected chi connectivity index (χ3v) is 4.27. The number of ether oxygens (including phenoxy) is 1. The van der Waals surface area contributed by atoms with Gasteiger partial charge in [-0.25, -0.2) is 0 Å². The molecule has 0 aliphatic carbocycles. The van der Waals surface area contributed by atoms with Crippen molar-refractivity contribution in [2.45, 2.75) is 144 Å². The second-order valence-electron chi connectivity index (χ2n) is 6.91. The average molecular weight is 370 g/mol. The van der Waals surface area contributed by atoms with Gasteiger partial charge in [-0.3, -0.25) is 0 Å². The Morgan fingerprint density at radius 1 is 0.692 bits per heavy atom. The summed E-state index contributed by atoms with van der Waals surface area (Å²) >= 11 is 0. The molecular formula is C24H51NO. The molecule has 26 heavy (non-hydrogen) atoms. The molecular weight excluding hydrogens is 318 g/mol. The first-order valence-electron chi connectivity index (χ1n) is 11.7. The summed E-state index contributed by atoms with van der Waals surface area (Å²) in [7, 11) is 0. The van der Waals surface area contributed by atoms with Crippen molar-refractivity contribution in [3.63, 3.8) is 0 Å². The molecule has 0 spiro atoms. The van der Waals surface area contributed by atoms with E-state index in [9.17, 15) is 0 Å². The van der Waals surface area contributed by atoms with E-state index >= 15 is 0 Å². The molecule has 0 N–H and O–H groups in total. The Balaban J connectivity index is -0.000000411. The van der Waals surface area contributed by atoms with Crippen LogP contribution in [0.2, 0.25) is 0 Å². The second-order valence-corrected chi connectivity index (χ2v) is 6.91. The van der Waals surface area contributed by atoms with Crippen LogP contribution in [-0.2, 0) is 4.74 Å². The first kappa shape index (κ1) is 30.2. The molecule has 0 aliphatic heterocycles. The van der Waals surface area contributed by atoms with Gasteiger partial charge in [0.05, 0.1) is 12.2 Å². The summed E-state index contributed by atoms with van der Waals surface area (Å²) in [4.78, 5) is 0. The van der Waals surface area contributed by atoms with Crippen molar-refractivity contribution in [2.24, 2.45) is 0 Å². The van der Waals surface area contributed by atoms with Crippen molar-refractivity contribution >= 4 is 0 Å². The molecule has 0 fully saturated rings. The van der Waals surface area contributed by atoms with Crippen LogP contribution in [0.4, 0.5) is 0 Å². The molecule has 0 aromatic carbocycles. The van der Waals surface area contributed by atoms with E-state index in [1.54, 1.807) is 0 Å². The summed E-state index contributed by atoms with van der Waals surface area (Å²) in [6.45, 7) is 13.7. The van der Waals surface area contributed by atoms with E-state index in [1.165, 1.54) is 83.5 Å². The SMILES string of the molecule is CC.CCCCCCCCC.CCCCCCCCOC(C)CCC#N. The minimum absolute atomic E-state index is 0.250. The van der Waals surface area contributed by atoms with Crippen molar-refractivity contribution in [3.05, 3.63) is 0 Å². The Labute approximate surface area is 167 Å². The molecule has 1 atom stereocenters. The maximum atomic E-state index is 8.40. The van der Waals surface area contributed by atoms with Gasteiger partial charge in [-0.1, -0.05) is 112 Å². The predicted molar refractivity (Wildman–Crippen MR) is 119 cm³/mol. The van der Waals surface area contributed by atoms with Crippen LogP contribution in [0.3, 0.4) is 0 Å². The molecule has 0 aromatic heterocycles. The number of hydrogen-bond donors (Lipinski definition) is 0. The third kappa shape index (κ3) is 34.7. The smallest absolute Gasteiger partial charge is 0.0622 e. The second kappa shape index (κ2) is 32.1. The predicted octanol–water partition coefficient (Wildman–Crippen LogP) is 8.84. The van der Waals surface area contributed by atoms with Crippen LogP contribution in [0, 0.1) is 11.3 Å². The quantitative estimate of drug-likeness (QED) is 0.254. The van der Waals surface area contributed by atoms with Gasteiger partial charge in [0.25, 0.3) is 0 Å². The molecule has 0 amide bonds. The normalized spacial score (nSPS) is 10.8. The highest BCUT2D eigenvalue weighted by atomic mass is 16.5. The fourth-order valence-electron chi connectivity index (χ4n) is 2.55. The van der Waals surface area contributed by atoms with E-state index in [2.05, 4.69) is 33.8 Å². The van der Waals surface area contributed by atoms with E-state index < -0.39 is 0 Å². The lowest BCUT2D eigenvalue weighted by molar-refractivity contribution is 0.0584. The van der Waals surface area contributed by atoms with Gasteiger partial charge in [-0.15, -0.1) is 0 Å². The zero-order valence-electron chi connectivity index (χ0n) is 19.2. The summed E-state index contributed by atoms with van der Waals surface area (Å²) in [5.74, 6) is 0. The molecule has 0 bridgehead atoms. The Bertz CT molecular complexity index is 241.